The number of nitrogens with one attached hydrogen (secondary N) is 2. The van der Waals surface area contributed by atoms with Crippen molar-refractivity contribution in [3.8, 4) is 0 Å². The highest BCUT2D eigenvalue weighted by atomic mass is 19.1. The molecular weight excluding hydrogens is 449 g/mol. The first-order chi connectivity index (χ1) is 17.0. The van der Waals surface area contributed by atoms with Crippen LogP contribution in [0, 0.1) is 5.82 Å². The van der Waals surface area contributed by atoms with Crippen molar-refractivity contribution in [2.75, 3.05) is 11.9 Å². The predicted molar refractivity (Wildman–Crippen MR) is 129 cm³/mol. The van der Waals surface area contributed by atoms with Crippen molar-refractivity contribution in [2.45, 2.75) is 32.0 Å². The SMILES string of the molecule is CCCNC(=O)C1C(c2cccc(NC(=O)c3ccccc3)c2)OC(=O)N1Cc1ccc(F)cc1. The summed E-state index contributed by atoms with van der Waals surface area (Å²) in [5, 5.41) is 5.68. The van der Waals surface area contributed by atoms with Crippen LogP contribution in [0.2, 0.25) is 0 Å². The highest BCUT2D eigenvalue weighted by Gasteiger charge is 2.46. The van der Waals surface area contributed by atoms with Crippen LogP contribution in [0.25, 0.3) is 0 Å². The third-order valence-electron chi connectivity index (χ3n) is 5.68. The molecule has 7 nitrogen and oxygen atoms in total. The lowest BCUT2D eigenvalue weighted by Crippen LogP contribution is -2.46. The maximum atomic E-state index is 13.3. The summed E-state index contributed by atoms with van der Waals surface area (Å²) in [5.41, 5.74) is 2.26. The monoisotopic (exact) mass is 475 g/mol. The van der Waals surface area contributed by atoms with Crippen LogP contribution in [0.4, 0.5) is 14.9 Å². The molecule has 3 amide bonds. The van der Waals surface area contributed by atoms with Crippen LogP contribution in [-0.4, -0.2) is 35.4 Å². The van der Waals surface area contributed by atoms with E-state index in [4.69, 9.17) is 4.74 Å². The van der Waals surface area contributed by atoms with Crippen LogP contribution >= 0.6 is 0 Å². The number of rotatable bonds is 8. The van der Waals surface area contributed by atoms with Crippen molar-refractivity contribution in [2.24, 2.45) is 0 Å². The van der Waals surface area contributed by atoms with E-state index in [-0.39, 0.29) is 24.2 Å². The number of halogens is 1. The molecule has 1 saturated heterocycles. The summed E-state index contributed by atoms with van der Waals surface area (Å²) in [6.45, 7) is 2.47. The topological polar surface area (TPSA) is 87.7 Å². The Morgan fingerprint density at radius 1 is 1.00 bits per heavy atom. The quantitative estimate of drug-likeness (QED) is 0.496. The maximum Gasteiger partial charge on any atom is 0.411 e. The van der Waals surface area contributed by atoms with E-state index >= 15 is 0 Å². The second-order valence-electron chi connectivity index (χ2n) is 8.24. The molecule has 2 N–H and O–H groups in total. The summed E-state index contributed by atoms with van der Waals surface area (Å²) in [6.07, 6.45) is -0.792. The first-order valence-electron chi connectivity index (χ1n) is 11.4. The van der Waals surface area contributed by atoms with E-state index in [9.17, 15) is 18.8 Å². The minimum Gasteiger partial charge on any atom is -0.438 e. The zero-order chi connectivity index (χ0) is 24.8. The number of carbonyl (C=O) groups is 3. The van der Waals surface area contributed by atoms with Crippen LogP contribution in [0.5, 0.6) is 0 Å². The summed E-state index contributed by atoms with van der Waals surface area (Å²) in [7, 11) is 0. The number of hydrogen-bond acceptors (Lipinski definition) is 4. The van der Waals surface area contributed by atoms with Crippen LogP contribution < -0.4 is 10.6 Å². The Hall–Kier alpha value is -4.20. The summed E-state index contributed by atoms with van der Waals surface area (Å²) in [5.74, 6) is -1.01. The van der Waals surface area contributed by atoms with Crippen molar-refractivity contribution < 1.29 is 23.5 Å². The van der Waals surface area contributed by atoms with Gasteiger partial charge in [-0.2, -0.15) is 0 Å². The van der Waals surface area contributed by atoms with E-state index in [1.165, 1.54) is 17.0 Å². The Bertz CT molecular complexity index is 1200. The van der Waals surface area contributed by atoms with Crippen molar-refractivity contribution in [1.82, 2.24) is 10.2 Å². The van der Waals surface area contributed by atoms with Crippen molar-refractivity contribution in [3.63, 3.8) is 0 Å². The molecule has 2 unspecified atom stereocenters. The van der Waals surface area contributed by atoms with Gasteiger partial charge in [0.2, 0.25) is 5.91 Å². The zero-order valence-electron chi connectivity index (χ0n) is 19.2. The number of anilines is 1. The molecule has 3 aromatic rings. The Morgan fingerprint density at radius 3 is 2.46 bits per heavy atom. The third kappa shape index (κ3) is 5.66. The molecule has 0 radical (unpaired) electrons. The summed E-state index contributed by atoms with van der Waals surface area (Å²) in [4.78, 5) is 39.9. The smallest absolute Gasteiger partial charge is 0.411 e. The summed E-state index contributed by atoms with van der Waals surface area (Å²) >= 11 is 0. The fraction of sp³-hybridized carbons (Fsp3) is 0.222. The molecule has 180 valence electrons. The van der Waals surface area contributed by atoms with Crippen LogP contribution in [0.1, 0.15) is 40.9 Å². The molecule has 1 fully saturated rings. The first kappa shape index (κ1) is 23.9. The Kier molecular flexibility index (Phi) is 7.40. The van der Waals surface area contributed by atoms with Gasteiger partial charge in [0.15, 0.2) is 12.1 Å². The van der Waals surface area contributed by atoms with Crippen molar-refractivity contribution in [3.05, 3.63) is 101 Å². The second-order valence-corrected chi connectivity index (χ2v) is 8.24. The standard InChI is InChI=1S/C27H26FN3O4/c1-2-15-29-26(33)23-24(35-27(34)31(23)17-18-11-13-21(28)14-12-18)20-9-6-10-22(16-20)30-25(32)19-7-4-3-5-8-19/h3-14,16,23-24H,2,15,17H2,1H3,(H,29,33)(H,30,32). The van der Waals surface area contributed by atoms with Crippen LogP contribution in [-0.2, 0) is 16.1 Å². The Balaban J connectivity index is 1.59. The first-order valence-corrected chi connectivity index (χ1v) is 11.4. The van der Waals surface area contributed by atoms with E-state index < -0.39 is 18.2 Å². The van der Waals surface area contributed by atoms with E-state index in [0.717, 1.165) is 6.42 Å². The average Bonchev–Trinajstić information content (AvgIpc) is 3.20. The fourth-order valence-electron chi connectivity index (χ4n) is 3.94. The molecule has 1 aliphatic heterocycles. The molecule has 8 heteroatoms. The van der Waals surface area contributed by atoms with Gasteiger partial charge in [0.1, 0.15) is 5.82 Å². The average molecular weight is 476 g/mol. The molecule has 3 aromatic carbocycles. The highest BCUT2D eigenvalue weighted by Crippen LogP contribution is 2.35. The Labute approximate surface area is 202 Å². The largest absolute Gasteiger partial charge is 0.438 e. The molecule has 4 rings (SSSR count). The van der Waals surface area contributed by atoms with Gasteiger partial charge in [0.25, 0.3) is 5.91 Å². The predicted octanol–water partition coefficient (Wildman–Crippen LogP) is 4.67. The van der Waals surface area contributed by atoms with E-state index in [1.807, 2.05) is 13.0 Å². The minimum atomic E-state index is -0.931. The van der Waals surface area contributed by atoms with E-state index in [0.29, 0.717) is 28.9 Å². The number of hydrogen-bond donors (Lipinski definition) is 2. The van der Waals surface area contributed by atoms with Gasteiger partial charge in [-0.25, -0.2) is 9.18 Å². The van der Waals surface area contributed by atoms with Gasteiger partial charge >= 0.3 is 6.09 Å². The normalized spacial score (nSPS) is 17.1. The van der Waals surface area contributed by atoms with Gasteiger partial charge in [-0.05, 0) is 53.9 Å². The van der Waals surface area contributed by atoms with E-state index in [2.05, 4.69) is 10.6 Å². The van der Waals surface area contributed by atoms with Gasteiger partial charge in [-0.3, -0.25) is 14.5 Å². The molecule has 0 aromatic heterocycles. The molecular formula is C27H26FN3O4. The third-order valence-corrected chi connectivity index (χ3v) is 5.68. The van der Waals surface area contributed by atoms with Gasteiger partial charge in [-0.15, -0.1) is 0 Å². The molecule has 0 aliphatic carbocycles. The Morgan fingerprint density at radius 2 is 1.74 bits per heavy atom. The number of ether oxygens (including phenoxy) is 1. The van der Waals surface area contributed by atoms with Gasteiger partial charge < -0.3 is 15.4 Å². The van der Waals surface area contributed by atoms with Gasteiger partial charge in [0.05, 0.1) is 6.54 Å². The number of benzene rings is 3. The molecule has 0 saturated carbocycles. The summed E-state index contributed by atoms with van der Waals surface area (Å²) in [6, 6.07) is 20.5. The van der Waals surface area contributed by atoms with Crippen molar-refractivity contribution >= 4 is 23.6 Å². The number of nitrogens with zero attached hydrogens (tertiary/aromatic N) is 1. The number of cyclic esters (lactones) is 1. The molecule has 0 spiro atoms. The van der Waals surface area contributed by atoms with Crippen molar-refractivity contribution in [1.29, 1.82) is 0 Å². The number of amides is 3. The van der Waals surface area contributed by atoms with E-state index in [1.54, 1.807) is 60.7 Å². The summed E-state index contributed by atoms with van der Waals surface area (Å²) < 4.78 is 19.0. The lowest BCUT2D eigenvalue weighted by molar-refractivity contribution is -0.126. The van der Waals surface area contributed by atoms with Gasteiger partial charge in [-0.1, -0.05) is 49.4 Å². The van der Waals surface area contributed by atoms with Crippen LogP contribution in [0.15, 0.2) is 78.9 Å². The molecule has 2 atom stereocenters. The highest BCUT2D eigenvalue weighted by molar-refractivity contribution is 6.04. The molecule has 1 heterocycles. The lowest BCUT2D eigenvalue weighted by Gasteiger charge is -2.24. The number of carbonyl (C=O) groups excluding carboxylic acids is 3. The molecule has 0 bridgehead atoms. The maximum absolute atomic E-state index is 13.3. The molecule has 1 aliphatic rings. The fourth-order valence-corrected chi connectivity index (χ4v) is 3.94. The molecule has 35 heavy (non-hydrogen) atoms. The zero-order valence-corrected chi connectivity index (χ0v) is 19.2. The second kappa shape index (κ2) is 10.8. The lowest BCUT2D eigenvalue weighted by atomic mass is 10.00. The van der Waals surface area contributed by atoms with Gasteiger partial charge in [0, 0.05) is 17.8 Å². The minimum absolute atomic E-state index is 0.0876. The van der Waals surface area contributed by atoms with Crippen LogP contribution in [0.3, 0.4) is 0 Å².